The minimum atomic E-state index is -4.07. The summed E-state index contributed by atoms with van der Waals surface area (Å²) in [6, 6.07) is 7.05. The summed E-state index contributed by atoms with van der Waals surface area (Å²) in [7, 11) is -4.07. The van der Waals surface area contributed by atoms with Gasteiger partial charge in [-0.25, -0.2) is 18.4 Å². The van der Waals surface area contributed by atoms with Crippen molar-refractivity contribution < 1.29 is 13.2 Å². The second-order valence-electron chi connectivity index (χ2n) is 3.91. The summed E-state index contributed by atoms with van der Waals surface area (Å²) in [5, 5.41) is 0. The molecule has 0 saturated carbocycles. The van der Waals surface area contributed by atoms with Crippen LogP contribution in [0.2, 0.25) is 0 Å². The van der Waals surface area contributed by atoms with E-state index in [4.69, 9.17) is 5.73 Å². The first kappa shape index (κ1) is 13.9. The topological polar surface area (TPSA) is 106 Å². The molecule has 104 valence electrons. The number of nitrogens with zero attached hydrogens (tertiary/aromatic N) is 3. The molecule has 8 heteroatoms. The van der Waals surface area contributed by atoms with Crippen LogP contribution in [0.25, 0.3) is 0 Å². The zero-order valence-electron chi connectivity index (χ0n) is 10.6. The van der Waals surface area contributed by atoms with Gasteiger partial charge in [-0.15, -0.1) is 0 Å². The van der Waals surface area contributed by atoms with E-state index in [0.29, 0.717) is 9.99 Å². The van der Waals surface area contributed by atoms with Crippen LogP contribution in [0.3, 0.4) is 0 Å². The van der Waals surface area contributed by atoms with Gasteiger partial charge < -0.3 is 5.73 Å². The molecule has 0 spiro atoms. The summed E-state index contributed by atoms with van der Waals surface area (Å²) in [6.07, 6.45) is 2.72. The number of aromatic nitrogens is 2. The van der Waals surface area contributed by atoms with Crippen LogP contribution >= 0.6 is 0 Å². The van der Waals surface area contributed by atoms with Gasteiger partial charge >= 0.3 is 0 Å². The lowest BCUT2D eigenvalue weighted by Crippen LogP contribution is -2.36. The molecule has 7 nitrogen and oxygen atoms in total. The Bertz CT molecular complexity index is 714. The number of anilines is 2. The van der Waals surface area contributed by atoms with Crippen LogP contribution in [-0.2, 0) is 14.8 Å². The molecule has 1 heterocycles. The minimum Gasteiger partial charge on any atom is -0.399 e. The number of carbonyl (C=O) groups is 1. The van der Waals surface area contributed by atoms with E-state index in [1.807, 2.05) is 0 Å². The molecule has 0 bridgehead atoms. The van der Waals surface area contributed by atoms with E-state index < -0.39 is 15.9 Å². The summed E-state index contributed by atoms with van der Waals surface area (Å²) in [4.78, 5) is 19.2. The van der Waals surface area contributed by atoms with Gasteiger partial charge in [0.1, 0.15) is 0 Å². The second kappa shape index (κ2) is 5.25. The molecule has 0 radical (unpaired) electrons. The summed E-state index contributed by atoms with van der Waals surface area (Å²) in [6.45, 7) is 1.13. The molecule has 0 fully saturated rings. The molecule has 2 N–H and O–H groups in total. The van der Waals surface area contributed by atoms with Crippen LogP contribution in [0, 0.1) is 0 Å². The Hall–Kier alpha value is -2.48. The van der Waals surface area contributed by atoms with E-state index in [1.54, 1.807) is 0 Å². The van der Waals surface area contributed by atoms with Crippen LogP contribution in [-0.4, -0.2) is 24.3 Å². The maximum Gasteiger partial charge on any atom is 0.273 e. The molecule has 0 unspecified atom stereocenters. The largest absolute Gasteiger partial charge is 0.399 e. The monoisotopic (exact) mass is 292 g/mol. The first-order valence-corrected chi connectivity index (χ1v) is 7.05. The van der Waals surface area contributed by atoms with E-state index in [2.05, 4.69) is 9.97 Å². The summed E-state index contributed by atoms with van der Waals surface area (Å²) < 4.78 is 25.5. The molecular weight excluding hydrogens is 280 g/mol. The van der Waals surface area contributed by atoms with E-state index in [0.717, 1.165) is 6.92 Å². The number of sulfonamides is 1. The van der Waals surface area contributed by atoms with Crippen LogP contribution < -0.4 is 10.0 Å². The van der Waals surface area contributed by atoms with Gasteiger partial charge in [-0.1, -0.05) is 0 Å². The maximum absolute atomic E-state index is 12.5. The number of amides is 1. The average Bonchev–Trinajstić information content (AvgIpc) is 2.39. The average molecular weight is 292 g/mol. The fourth-order valence-electron chi connectivity index (χ4n) is 1.56. The molecule has 20 heavy (non-hydrogen) atoms. The highest BCUT2D eigenvalue weighted by atomic mass is 32.2. The quantitative estimate of drug-likeness (QED) is 0.839. The van der Waals surface area contributed by atoms with Crippen molar-refractivity contribution in [3.63, 3.8) is 0 Å². The second-order valence-corrected chi connectivity index (χ2v) is 5.69. The molecule has 2 aromatic rings. The Morgan fingerprint density at radius 3 is 2.20 bits per heavy atom. The fourth-order valence-corrected chi connectivity index (χ4v) is 2.90. The number of hydrogen-bond acceptors (Lipinski definition) is 6. The lowest BCUT2D eigenvalue weighted by Gasteiger charge is -2.18. The number of nitrogens with two attached hydrogens (primary N) is 1. The maximum atomic E-state index is 12.5. The first-order valence-electron chi connectivity index (χ1n) is 5.61. The van der Waals surface area contributed by atoms with Gasteiger partial charge in [0.15, 0.2) is 0 Å². The summed E-state index contributed by atoms with van der Waals surface area (Å²) in [5.41, 5.74) is 5.94. The number of benzene rings is 1. The van der Waals surface area contributed by atoms with Crippen LogP contribution in [0.5, 0.6) is 0 Å². The summed E-state index contributed by atoms with van der Waals surface area (Å²) >= 11 is 0. The summed E-state index contributed by atoms with van der Waals surface area (Å²) in [5.74, 6) is -0.898. The van der Waals surface area contributed by atoms with Gasteiger partial charge in [-0.05, 0) is 30.3 Å². The third-order valence-corrected chi connectivity index (χ3v) is 4.21. The van der Waals surface area contributed by atoms with Crippen molar-refractivity contribution in [2.75, 3.05) is 10.0 Å². The Morgan fingerprint density at radius 1 is 1.15 bits per heavy atom. The Balaban J connectivity index is 2.54. The fraction of sp³-hybridized carbons (Fsp3) is 0.0833. The highest BCUT2D eigenvalue weighted by Crippen LogP contribution is 2.21. The molecule has 0 saturated heterocycles. The zero-order valence-corrected chi connectivity index (χ0v) is 11.4. The number of carbonyl (C=O) groups excluding carboxylic acids is 1. The van der Waals surface area contributed by atoms with Gasteiger partial charge in [0.2, 0.25) is 11.9 Å². The van der Waals surface area contributed by atoms with Crippen molar-refractivity contribution in [1.29, 1.82) is 0 Å². The van der Waals surface area contributed by atoms with E-state index in [9.17, 15) is 13.2 Å². The van der Waals surface area contributed by atoms with E-state index >= 15 is 0 Å². The molecule has 1 amide bonds. The smallest absolute Gasteiger partial charge is 0.273 e. The van der Waals surface area contributed by atoms with Crippen molar-refractivity contribution in [2.45, 2.75) is 11.8 Å². The third kappa shape index (κ3) is 2.59. The van der Waals surface area contributed by atoms with Crippen LogP contribution in [0.15, 0.2) is 47.6 Å². The van der Waals surface area contributed by atoms with Gasteiger partial charge in [0, 0.05) is 25.0 Å². The van der Waals surface area contributed by atoms with Crippen LogP contribution in [0.1, 0.15) is 6.92 Å². The molecule has 2 rings (SSSR count). The SMILES string of the molecule is CC(=O)N(c1ncccn1)S(=O)(=O)c1ccc(N)cc1. The number of rotatable bonds is 3. The Morgan fingerprint density at radius 2 is 1.70 bits per heavy atom. The Labute approximate surface area is 116 Å². The van der Waals surface area contributed by atoms with Crippen molar-refractivity contribution in [1.82, 2.24) is 9.97 Å². The predicted octanol–water partition coefficient (Wildman–Crippen LogP) is 0.801. The molecule has 0 atom stereocenters. The first-order chi connectivity index (χ1) is 9.43. The highest BCUT2D eigenvalue weighted by molar-refractivity contribution is 7.93. The lowest BCUT2D eigenvalue weighted by atomic mass is 10.3. The van der Waals surface area contributed by atoms with Gasteiger partial charge in [-0.2, -0.15) is 4.31 Å². The normalized spacial score (nSPS) is 11.1. The number of hydrogen-bond donors (Lipinski definition) is 1. The van der Waals surface area contributed by atoms with Gasteiger partial charge in [0.25, 0.3) is 10.0 Å². The molecule has 0 aliphatic carbocycles. The number of nitrogen functional groups attached to an aromatic ring is 1. The van der Waals surface area contributed by atoms with E-state index in [1.165, 1.54) is 42.7 Å². The molecular formula is C12H12N4O3S. The van der Waals surface area contributed by atoms with Crippen LogP contribution in [0.4, 0.5) is 11.6 Å². The molecule has 0 aliphatic heterocycles. The minimum absolute atomic E-state index is 0.0608. The van der Waals surface area contributed by atoms with Crippen molar-refractivity contribution in [3.8, 4) is 0 Å². The lowest BCUT2D eigenvalue weighted by molar-refractivity contribution is -0.115. The highest BCUT2D eigenvalue weighted by Gasteiger charge is 2.30. The molecule has 0 aliphatic rings. The van der Waals surface area contributed by atoms with Crippen molar-refractivity contribution in [3.05, 3.63) is 42.7 Å². The Kier molecular flexibility index (Phi) is 3.66. The predicted molar refractivity (Wildman–Crippen MR) is 73.2 cm³/mol. The van der Waals surface area contributed by atoms with Gasteiger partial charge in [-0.3, -0.25) is 4.79 Å². The standard InChI is InChI=1S/C12H12N4O3S/c1-9(17)16(12-14-7-2-8-15-12)20(18,19)11-5-3-10(13)4-6-11/h2-8H,13H2,1H3. The third-order valence-electron chi connectivity index (χ3n) is 2.44. The van der Waals surface area contributed by atoms with E-state index in [-0.39, 0.29) is 10.8 Å². The molecule has 1 aromatic heterocycles. The zero-order chi connectivity index (χ0) is 14.8. The van der Waals surface area contributed by atoms with Gasteiger partial charge in [0.05, 0.1) is 4.90 Å². The molecule has 1 aromatic carbocycles. The van der Waals surface area contributed by atoms with Crippen molar-refractivity contribution in [2.24, 2.45) is 0 Å². The van der Waals surface area contributed by atoms with Crippen molar-refractivity contribution >= 4 is 27.6 Å².